The number of nitrogens with one attached hydrogen (secondary N) is 2. The smallest absolute Gasteiger partial charge is 0.252 e. The molecule has 0 aliphatic carbocycles. The first-order valence-corrected chi connectivity index (χ1v) is 11.8. The molecule has 1 aromatic heterocycles. The number of nitrogens with zero attached hydrogens (tertiary/aromatic N) is 2. The van der Waals surface area contributed by atoms with Crippen LogP contribution < -0.4 is 10.6 Å². The minimum Gasteiger partial charge on any atom is -0.338 e. The zero-order valence-corrected chi connectivity index (χ0v) is 19.5. The Labute approximate surface area is 196 Å². The molecule has 0 spiro atoms. The molecule has 1 fully saturated rings. The molecule has 0 saturated carbocycles. The second-order valence-electron chi connectivity index (χ2n) is 8.68. The maximum Gasteiger partial charge on any atom is 0.252 e. The number of hydrogen-bond acceptors (Lipinski definition) is 5. The number of hydrogen-bond donors (Lipinski definition) is 2. The molecule has 2 N–H and O–H groups in total. The molecule has 3 aromatic rings. The second-order valence-corrected chi connectivity index (χ2v) is 9.76. The van der Waals surface area contributed by atoms with Gasteiger partial charge in [0.15, 0.2) is 5.13 Å². The van der Waals surface area contributed by atoms with Gasteiger partial charge in [0.25, 0.3) is 11.8 Å². The van der Waals surface area contributed by atoms with Crippen molar-refractivity contribution in [3.8, 4) is 11.3 Å². The Morgan fingerprint density at radius 3 is 2.39 bits per heavy atom. The number of benzene rings is 2. The van der Waals surface area contributed by atoms with E-state index in [1.54, 1.807) is 13.8 Å². The van der Waals surface area contributed by atoms with Gasteiger partial charge in [-0.15, -0.1) is 0 Å². The molecule has 0 unspecified atom stereocenters. The molecule has 8 heteroatoms. The molecular weight excluding hydrogens is 439 g/mol. The summed E-state index contributed by atoms with van der Waals surface area (Å²) in [4.78, 5) is 33.8. The summed E-state index contributed by atoms with van der Waals surface area (Å²) in [7, 11) is 0. The monoisotopic (exact) mass is 466 g/mol. The van der Waals surface area contributed by atoms with Crippen molar-refractivity contribution in [3.63, 3.8) is 0 Å². The summed E-state index contributed by atoms with van der Waals surface area (Å²) in [5, 5.41) is 6.10. The second kappa shape index (κ2) is 9.80. The third kappa shape index (κ3) is 5.64. The van der Waals surface area contributed by atoms with Gasteiger partial charge in [-0.25, -0.2) is 9.37 Å². The van der Waals surface area contributed by atoms with Crippen LogP contribution in [0.3, 0.4) is 0 Å². The molecule has 4 rings (SSSR count). The fraction of sp³-hybridized carbons (Fsp3) is 0.320. The van der Waals surface area contributed by atoms with Crippen LogP contribution >= 0.6 is 11.3 Å². The molecule has 1 saturated heterocycles. The lowest BCUT2D eigenvalue weighted by Gasteiger charge is -2.24. The zero-order chi connectivity index (χ0) is 23.4. The van der Waals surface area contributed by atoms with E-state index in [1.807, 2.05) is 30.3 Å². The van der Waals surface area contributed by atoms with E-state index >= 15 is 0 Å². The van der Waals surface area contributed by atoms with Crippen molar-refractivity contribution in [2.75, 3.05) is 18.4 Å². The van der Waals surface area contributed by atoms with Gasteiger partial charge >= 0.3 is 0 Å². The first-order valence-electron chi connectivity index (χ1n) is 11.0. The van der Waals surface area contributed by atoms with Gasteiger partial charge in [0, 0.05) is 22.5 Å². The normalized spacial score (nSPS) is 14.3. The molecule has 2 aromatic carbocycles. The SMILES string of the molecule is CC(C)(NC(=O)c1ccc(F)cc1)C(=O)Nc1nc(-c2ccccc2)c(CN2CCCC2)s1. The molecule has 2 heterocycles. The van der Waals surface area contributed by atoms with Gasteiger partial charge in [-0.05, 0) is 64.0 Å². The van der Waals surface area contributed by atoms with Crippen LogP contribution in [0.5, 0.6) is 0 Å². The molecular formula is C25H27FN4O2S. The molecule has 1 aliphatic rings. The number of aromatic nitrogens is 1. The predicted octanol–water partition coefficient (Wildman–Crippen LogP) is 4.69. The van der Waals surface area contributed by atoms with E-state index in [2.05, 4.69) is 15.5 Å². The number of rotatable bonds is 7. The molecule has 33 heavy (non-hydrogen) atoms. The van der Waals surface area contributed by atoms with Gasteiger partial charge in [-0.2, -0.15) is 0 Å². The van der Waals surface area contributed by atoms with Crippen LogP contribution in [0.1, 0.15) is 41.9 Å². The van der Waals surface area contributed by atoms with Gasteiger partial charge in [-0.3, -0.25) is 19.8 Å². The lowest BCUT2D eigenvalue weighted by Crippen LogP contribution is -2.52. The molecule has 0 radical (unpaired) electrons. The Morgan fingerprint density at radius 1 is 1.06 bits per heavy atom. The van der Waals surface area contributed by atoms with Gasteiger partial charge in [0.1, 0.15) is 11.4 Å². The quantitative estimate of drug-likeness (QED) is 0.530. The van der Waals surface area contributed by atoms with E-state index in [0.717, 1.165) is 35.8 Å². The molecule has 0 bridgehead atoms. The maximum atomic E-state index is 13.1. The highest BCUT2D eigenvalue weighted by Crippen LogP contribution is 2.33. The van der Waals surface area contributed by atoms with Crippen molar-refractivity contribution in [1.82, 2.24) is 15.2 Å². The van der Waals surface area contributed by atoms with Gasteiger partial charge in [-0.1, -0.05) is 41.7 Å². The minimum atomic E-state index is -1.20. The van der Waals surface area contributed by atoms with E-state index in [0.29, 0.717) is 5.13 Å². The topological polar surface area (TPSA) is 74.3 Å². The Bertz CT molecular complexity index is 1120. The van der Waals surface area contributed by atoms with E-state index in [1.165, 1.54) is 48.4 Å². The number of anilines is 1. The van der Waals surface area contributed by atoms with E-state index < -0.39 is 17.3 Å². The highest BCUT2D eigenvalue weighted by atomic mass is 32.1. The van der Waals surface area contributed by atoms with Crippen LogP contribution in [0.4, 0.5) is 9.52 Å². The minimum absolute atomic E-state index is 0.283. The molecule has 0 atom stereocenters. The van der Waals surface area contributed by atoms with Crippen LogP contribution in [0.25, 0.3) is 11.3 Å². The molecule has 1 aliphatic heterocycles. The highest BCUT2D eigenvalue weighted by molar-refractivity contribution is 7.16. The average Bonchev–Trinajstić information content (AvgIpc) is 3.45. The van der Waals surface area contributed by atoms with Gasteiger partial charge < -0.3 is 5.32 Å². The third-order valence-electron chi connectivity index (χ3n) is 5.63. The molecule has 6 nitrogen and oxygen atoms in total. The van der Waals surface area contributed by atoms with E-state index in [9.17, 15) is 14.0 Å². The van der Waals surface area contributed by atoms with Crippen LogP contribution in [-0.4, -0.2) is 40.3 Å². The number of thiazole rings is 1. The summed E-state index contributed by atoms with van der Waals surface area (Å²) in [5.74, 6) is -1.25. The standard InChI is InChI=1S/C25H27FN4O2S/c1-25(2,29-22(31)18-10-12-19(26)13-11-18)23(32)28-24-27-21(17-8-4-3-5-9-17)20(33-24)16-30-14-6-7-15-30/h3-5,8-13H,6-7,14-16H2,1-2H3,(H,29,31)(H,27,28,32). The van der Waals surface area contributed by atoms with Gasteiger partial charge in [0.05, 0.1) is 5.69 Å². The first-order chi connectivity index (χ1) is 15.8. The Hall–Kier alpha value is -3.10. The Balaban J connectivity index is 1.51. The summed E-state index contributed by atoms with van der Waals surface area (Å²) >= 11 is 1.46. The summed E-state index contributed by atoms with van der Waals surface area (Å²) in [6, 6.07) is 15.1. The first kappa shape index (κ1) is 23.1. The number of halogens is 1. The van der Waals surface area contributed by atoms with Crippen molar-refractivity contribution >= 4 is 28.3 Å². The summed E-state index contributed by atoms with van der Waals surface area (Å²) in [5.41, 5.74) is 0.966. The van der Waals surface area contributed by atoms with Crippen molar-refractivity contribution in [2.24, 2.45) is 0 Å². The fourth-order valence-corrected chi connectivity index (χ4v) is 4.77. The van der Waals surface area contributed by atoms with Crippen LogP contribution in [0.2, 0.25) is 0 Å². The largest absolute Gasteiger partial charge is 0.338 e. The van der Waals surface area contributed by atoms with E-state index in [4.69, 9.17) is 4.98 Å². The summed E-state index contributed by atoms with van der Waals surface area (Å²) in [6.07, 6.45) is 2.40. The number of amides is 2. The van der Waals surface area contributed by atoms with E-state index in [-0.39, 0.29) is 11.5 Å². The molecule has 2 amide bonds. The number of carbonyl (C=O) groups excluding carboxylic acids is 2. The van der Waals surface area contributed by atoms with Crippen molar-refractivity contribution < 1.29 is 14.0 Å². The maximum absolute atomic E-state index is 13.1. The predicted molar refractivity (Wildman–Crippen MR) is 129 cm³/mol. The average molecular weight is 467 g/mol. The number of carbonyl (C=O) groups is 2. The van der Waals surface area contributed by atoms with Crippen LogP contribution in [0.15, 0.2) is 54.6 Å². The lowest BCUT2D eigenvalue weighted by atomic mass is 10.0. The summed E-state index contributed by atoms with van der Waals surface area (Å²) in [6.45, 7) is 6.18. The summed E-state index contributed by atoms with van der Waals surface area (Å²) < 4.78 is 13.1. The number of likely N-dealkylation sites (tertiary alicyclic amines) is 1. The Morgan fingerprint density at radius 2 is 1.73 bits per heavy atom. The van der Waals surface area contributed by atoms with Crippen molar-refractivity contribution in [3.05, 3.63) is 70.9 Å². The van der Waals surface area contributed by atoms with Crippen molar-refractivity contribution in [1.29, 1.82) is 0 Å². The zero-order valence-electron chi connectivity index (χ0n) is 18.7. The Kier molecular flexibility index (Phi) is 6.85. The molecule has 172 valence electrons. The van der Waals surface area contributed by atoms with Crippen molar-refractivity contribution in [2.45, 2.75) is 38.8 Å². The highest BCUT2D eigenvalue weighted by Gasteiger charge is 2.31. The van der Waals surface area contributed by atoms with Crippen LogP contribution in [0, 0.1) is 5.82 Å². The third-order valence-corrected chi connectivity index (χ3v) is 6.59. The van der Waals surface area contributed by atoms with Crippen LogP contribution in [-0.2, 0) is 11.3 Å². The fourth-order valence-electron chi connectivity index (χ4n) is 3.75. The van der Waals surface area contributed by atoms with Gasteiger partial charge in [0.2, 0.25) is 0 Å². The lowest BCUT2D eigenvalue weighted by molar-refractivity contribution is -0.120.